The van der Waals surface area contributed by atoms with Gasteiger partial charge in [-0.3, -0.25) is 4.79 Å². The number of rotatable bonds is 4. The molecule has 4 rings (SSSR count). The van der Waals surface area contributed by atoms with Gasteiger partial charge in [0.05, 0.1) is 6.61 Å². The molecular weight excluding hydrogens is 300 g/mol. The molecule has 0 radical (unpaired) electrons. The van der Waals surface area contributed by atoms with E-state index in [1.165, 1.54) is 24.0 Å². The van der Waals surface area contributed by atoms with Gasteiger partial charge in [0, 0.05) is 18.9 Å². The summed E-state index contributed by atoms with van der Waals surface area (Å²) in [5.74, 6) is 3.43. The number of benzene rings is 1. The molecule has 24 heavy (non-hydrogen) atoms. The molecule has 2 saturated carbocycles. The van der Waals surface area contributed by atoms with Crippen molar-refractivity contribution in [3.8, 4) is 5.75 Å². The van der Waals surface area contributed by atoms with Crippen molar-refractivity contribution in [1.82, 2.24) is 0 Å². The molecule has 0 N–H and O–H groups in total. The van der Waals surface area contributed by atoms with Crippen LogP contribution in [0, 0.1) is 17.3 Å². The summed E-state index contributed by atoms with van der Waals surface area (Å²) in [6.07, 6.45) is 6.52. The zero-order valence-electron chi connectivity index (χ0n) is 14.8. The molecule has 0 spiro atoms. The standard InChI is InChI=1S/C21H28O3/c1-21-10-9-17-16-6-4-15(24-12-11-23-2)13-14(16)3-5-18(17)19(21)7-8-20(21)22/h4,6,13,17-19H,3,5,7-12H2,1-2H3/t17-,18-,19+,21+/m1/s1. The van der Waals surface area contributed by atoms with Crippen LogP contribution in [0.15, 0.2) is 18.2 Å². The van der Waals surface area contributed by atoms with Crippen LogP contribution in [0.4, 0.5) is 0 Å². The van der Waals surface area contributed by atoms with Crippen molar-refractivity contribution in [1.29, 1.82) is 0 Å². The average molecular weight is 328 g/mol. The van der Waals surface area contributed by atoms with E-state index >= 15 is 0 Å². The smallest absolute Gasteiger partial charge is 0.139 e. The van der Waals surface area contributed by atoms with Gasteiger partial charge in [0.15, 0.2) is 0 Å². The molecule has 0 aliphatic heterocycles. The highest BCUT2D eigenvalue weighted by atomic mass is 16.5. The van der Waals surface area contributed by atoms with Crippen molar-refractivity contribution < 1.29 is 14.3 Å². The zero-order valence-corrected chi connectivity index (χ0v) is 14.8. The summed E-state index contributed by atoms with van der Waals surface area (Å²) in [5, 5.41) is 0. The van der Waals surface area contributed by atoms with Crippen LogP contribution in [-0.4, -0.2) is 26.1 Å². The Labute approximate surface area is 144 Å². The highest BCUT2D eigenvalue weighted by molar-refractivity contribution is 5.87. The first-order chi connectivity index (χ1) is 11.6. The van der Waals surface area contributed by atoms with E-state index in [1.807, 2.05) is 0 Å². The van der Waals surface area contributed by atoms with Gasteiger partial charge in [-0.05, 0) is 73.1 Å². The quantitative estimate of drug-likeness (QED) is 0.779. The normalized spacial score (nSPS) is 34.4. The molecule has 1 aromatic rings. The van der Waals surface area contributed by atoms with E-state index in [-0.39, 0.29) is 5.41 Å². The Morgan fingerprint density at radius 1 is 1.17 bits per heavy atom. The number of methoxy groups -OCH3 is 1. The van der Waals surface area contributed by atoms with Crippen LogP contribution < -0.4 is 4.74 Å². The fourth-order valence-electron chi connectivity index (χ4n) is 5.66. The number of hydrogen-bond acceptors (Lipinski definition) is 3. The molecule has 0 unspecified atom stereocenters. The summed E-state index contributed by atoms with van der Waals surface area (Å²) in [5.41, 5.74) is 2.95. The van der Waals surface area contributed by atoms with Crippen molar-refractivity contribution in [2.24, 2.45) is 17.3 Å². The molecule has 130 valence electrons. The van der Waals surface area contributed by atoms with E-state index in [0.29, 0.717) is 36.8 Å². The van der Waals surface area contributed by atoms with E-state index < -0.39 is 0 Å². The first kappa shape index (κ1) is 16.1. The van der Waals surface area contributed by atoms with Gasteiger partial charge >= 0.3 is 0 Å². The maximum atomic E-state index is 12.4. The Morgan fingerprint density at radius 3 is 2.88 bits per heavy atom. The lowest BCUT2D eigenvalue weighted by Crippen LogP contribution is -2.42. The number of hydrogen-bond donors (Lipinski definition) is 0. The minimum absolute atomic E-state index is 0.0259. The fraction of sp³-hybridized carbons (Fsp3) is 0.667. The Bertz CT molecular complexity index is 638. The summed E-state index contributed by atoms with van der Waals surface area (Å²) in [6.45, 7) is 3.46. The Kier molecular flexibility index (Phi) is 4.16. The zero-order chi connectivity index (χ0) is 16.7. The minimum Gasteiger partial charge on any atom is -0.491 e. The van der Waals surface area contributed by atoms with Crippen molar-refractivity contribution in [2.75, 3.05) is 20.3 Å². The Balaban J connectivity index is 1.56. The van der Waals surface area contributed by atoms with Gasteiger partial charge < -0.3 is 9.47 Å². The van der Waals surface area contributed by atoms with Gasteiger partial charge in [-0.15, -0.1) is 0 Å². The van der Waals surface area contributed by atoms with Crippen molar-refractivity contribution in [3.63, 3.8) is 0 Å². The lowest BCUT2D eigenvalue weighted by molar-refractivity contribution is -0.129. The monoisotopic (exact) mass is 328 g/mol. The number of ketones is 1. The van der Waals surface area contributed by atoms with Gasteiger partial charge in [-0.25, -0.2) is 0 Å². The lowest BCUT2D eigenvalue weighted by atomic mass is 9.55. The molecule has 0 aromatic heterocycles. The molecule has 4 atom stereocenters. The molecule has 0 bridgehead atoms. The summed E-state index contributed by atoms with van der Waals surface area (Å²) in [7, 11) is 1.70. The summed E-state index contributed by atoms with van der Waals surface area (Å²) >= 11 is 0. The molecule has 3 nitrogen and oxygen atoms in total. The minimum atomic E-state index is -0.0259. The molecule has 2 fully saturated rings. The number of carbonyl (C=O) groups is 1. The third kappa shape index (κ3) is 2.48. The molecule has 0 amide bonds. The molecule has 0 heterocycles. The van der Waals surface area contributed by atoms with Crippen molar-refractivity contribution >= 4 is 5.78 Å². The van der Waals surface area contributed by atoms with E-state index in [2.05, 4.69) is 25.1 Å². The number of Topliss-reactive ketones (excluding diaryl/α,β-unsaturated/α-hetero) is 1. The molecule has 3 aliphatic carbocycles. The van der Waals surface area contributed by atoms with E-state index in [4.69, 9.17) is 9.47 Å². The van der Waals surface area contributed by atoms with Gasteiger partial charge in [0.1, 0.15) is 18.1 Å². The van der Waals surface area contributed by atoms with Crippen LogP contribution in [0.25, 0.3) is 0 Å². The second-order valence-corrected chi connectivity index (χ2v) is 8.04. The Hall–Kier alpha value is -1.35. The summed E-state index contributed by atoms with van der Waals surface area (Å²) in [6, 6.07) is 6.63. The largest absolute Gasteiger partial charge is 0.491 e. The third-order valence-electron chi connectivity index (χ3n) is 6.96. The topological polar surface area (TPSA) is 35.5 Å². The first-order valence-electron chi connectivity index (χ1n) is 9.41. The van der Waals surface area contributed by atoms with Crippen LogP contribution >= 0.6 is 0 Å². The molecule has 0 saturated heterocycles. The second-order valence-electron chi connectivity index (χ2n) is 8.04. The van der Waals surface area contributed by atoms with Crippen LogP contribution in [0.5, 0.6) is 5.75 Å². The molecule has 3 aliphatic rings. The number of ether oxygens (including phenoxy) is 2. The fourth-order valence-corrected chi connectivity index (χ4v) is 5.66. The third-order valence-corrected chi connectivity index (χ3v) is 6.96. The lowest BCUT2D eigenvalue weighted by Gasteiger charge is -2.48. The molecular formula is C21H28O3. The van der Waals surface area contributed by atoms with Gasteiger partial charge in [-0.2, -0.15) is 0 Å². The molecule has 3 heteroatoms. The van der Waals surface area contributed by atoms with Crippen molar-refractivity contribution in [2.45, 2.75) is 51.4 Å². The second kappa shape index (κ2) is 6.18. The van der Waals surface area contributed by atoms with Crippen LogP contribution in [0.3, 0.4) is 0 Å². The summed E-state index contributed by atoms with van der Waals surface area (Å²) < 4.78 is 10.8. The van der Waals surface area contributed by atoms with Gasteiger partial charge in [-0.1, -0.05) is 13.0 Å². The number of carbonyl (C=O) groups excluding carboxylic acids is 1. The van der Waals surface area contributed by atoms with E-state index in [0.717, 1.165) is 31.4 Å². The number of fused-ring (bicyclic) bond motifs is 5. The Morgan fingerprint density at radius 2 is 2.04 bits per heavy atom. The first-order valence-corrected chi connectivity index (χ1v) is 9.41. The molecule has 1 aromatic carbocycles. The SMILES string of the molecule is COCCOc1ccc2c(c1)CC[C@@H]1[C@@H]2CC[C@]2(C)C(=O)CC[C@@H]12. The van der Waals surface area contributed by atoms with Gasteiger partial charge in [0.25, 0.3) is 0 Å². The van der Waals surface area contributed by atoms with E-state index in [9.17, 15) is 4.79 Å². The van der Waals surface area contributed by atoms with E-state index in [1.54, 1.807) is 7.11 Å². The average Bonchev–Trinajstić information content (AvgIpc) is 2.90. The van der Waals surface area contributed by atoms with Crippen LogP contribution in [0.1, 0.15) is 56.1 Å². The highest BCUT2D eigenvalue weighted by Gasteiger charge is 2.54. The maximum Gasteiger partial charge on any atom is 0.139 e. The predicted octanol–water partition coefficient (Wildman–Crippen LogP) is 4.14. The highest BCUT2D eigenvalue weighted by Crippen LogP contribution is 2.59. The van der Waals surface area contributed by atoms with Crippen LogP contribution in [-0.2, 0) is 16.0 Å². The van der Waals surface area contributed by atoms with Crippen LogP contribution in [0.2, 0.25) is 0 Å². The predicted molar refractivity (Wildman–Crippen MR) is 93.4 cm³/mol. The number of aryl methyl sites for hydroxylation is 1. The maximum absolute atomic E-state index is 12.4. The van der Waals surface area contributed by atoms with Gasteiger partial charge in [0.2, 0.25) is 0 Å². The summed E-state index contributed by atoms with van der Waals surface area (Å²) in [4.78, 5) is 12.4. The van der Waals surface area contributed by atoms with Crippen molar-refractivity contribution in [3.05, 3.63) is 29.3 Å².